The van der Waals surface area contributed by atoms with Gasteiger partial charge in [-0.05, 0) is 29.8 Å². The van der Waals surface area contributed by atoms with Gasteiger partial charge in [-0.2, -0.15) is 5.26 Å². The number of fused-ring (bicyclic) bond motifs is 1. The number of amides is 1. The van der Waals surface area contributed by atoms with E-state index in [4.69, 9.17) is 10.4 Å². The van der Waals surface area contributed by atoms with Crippen molar-refractivity contribution in [1.82, 2.24) is 5.32 Å². The third-order valence-electron chi connectivity index (χ3n) is 2.96. The fraction of sp³-hybridized carbons (Fsp3) is 0.133. The molecule has 2 aromatic rings. The molecule has 20 heavy (non-hydrogen) atoms. The number of nitrogens with zero attached hydrogens (tertiary/aromatic N) is 1. The summed E-state index contributed by atoms with van der Waals surface area (Å²) in [7, 11) is 0. The van der Waals surface area contributed by atoms with Gasteiger partial charge in [-0.15, -0.1) is 0 Å². The lowest BCUT2D eigenvalue weighted by Crippen LogP contribution is -2.38. The number of aliphatic carboxylic acids is 1. The lowest BCUT2D eigenvalue weighted by Gasteiger charge is -2.10. The Labute approximate surface area is 115 Å². The van der Waals surface area contributed by atoms with Crippen LogP contribution in [0.25, 0.3) is 10.8 Å². The molecule has 5 nitrogen and oxygen atoms in total. The van der Waals surface area contributed by atoms with Crippen molar-refractivity contribution in [1.29, 1.82) is 5.26 Å². The van der Waals surface area contributed by atoms with Crippen LogP contribution in [0, 0.1) is 11.3 Å². The lowest BCUT2D eigenvalue weighted by atomic mass is 10.0. The second-order valence-electron chi connectivity index (χ2n) is 4.39. The maximum Gasteiger partial charge on any atom is 0.325 e. The van der Waals surface area contributed by atoms with Crippen molar-refractivity contribution in [3.8, 4) is 6.07 Å². The van der Waals surface area contributed by atoms with E-state index < -0.39 is 17.9 Å². The molecule has 1 amide bonds. The first-order valence-electron chi connectivity index (χ1n) is 5.99. The van der Waals surface area contributed by atoms with Gasteiger partial charge in [0.1, 0.15) is 6.04 Å². The number of hydrogen-bond donors (Lipinski definition) is 2. The molecule has 0 spiro atoms. The highest BCUT2D eigenvalue weighted by atomic mass is 16.4. The predicted molar refractivity (Wildman–Crippen MR) is 73.2 cm³/mol. The van der Waals surface area contributed by atoms with Gasteiger partial charge in [-0.3, -0.25) is 9.59 Å². The lowest BCUT2D eigenvalue weighted by molar-refractivity contribution is -0.138. The highest BCUT2D eigenvalue weighted by molar-refractivity contribution is 6.01. The third kappa shape index (κ3) is 2.59. The summed E-state index contributed by atoms with van der Waals surface area (Å²) in [6.45, 7) is 1.38. The average molecular weight is 268 g/mol. The van der Waals surface area contributed by atoms with Crippen LogP contribution in [0.1, 0.15) is 22.8 Å². The van der Waals surface area contributed by atoms with E-state index in [9.17, 15) is 9.59 Å². The minimum Gasteiger partial charge on any atom is -0.480 e. The smallest absolute Gasteiger partial charge is 0.325 e. The van der Waals surface area contributed by atoms with Gasteiger partial charge in [-0.1, -0.05) is 24.3 Å². The van der Waals surface area contributed by atoms with Crippen molar-refractivity contribution < 1.29 is 14.7 Å². The highest BCUT2D eigenvalue weighted by Crippen LogP contribution is 2.20. The minimum absolute atomic E-state index is 0.272. The van der Waals surface area contributed by atoms with Gasteiger partial charge < -0.3 is 10.4 Å². The molecule has 0 heterocycles. The Morgan fingerprint density at radius 3 is 2.65 bits per heavy atom. The summed E-state index contributed by atoms with van der Waals surface area (Å²) < 4.78 is 0. The molecule has 0 aliphatic carbocycles. The number of carbonyl (C=O) groups excluding carboxylic acids is 1. The first-order chi connectivity index (χ1) is 9.52. The molecule has 2 rings (SSSR count). The van der Waals surface area contributed by atoms with E-state index in [1.165, 1.54) is 13.0 Å². The van der Waals surface area contributed by atoms with Crippen molar-refractivity contribution in [2.45, 2.75) is 13.0 Å². The molecule has 1 unspecified atom stereocenters. The largest absolute Gasteiger partial charge is 0.480 e. The summed E-state index contributed by atoms with van der Waals surface area (Å²) in [4.78, 5) is 22.7. The highest BCUT2D eigenvalue weighted by Gasteiger charge is 2.16. The molecule has 100 valence electrons. The van der Waals surface area contributed by atoms with Crippen LogP contribution < -0.4 is 5.32 Å². The van der Waals surface area contributed by atoms with Gasteiger partial charge in [0.25, 0.3) is 5.91 Å². The van der Waals surface area contributed by atoms with Gasteiger partial charge in [-0.25, -0.2) is 0 Å². The van der Waals surface area contributed by atoms with Crippen LogP contribution in [-0.2, 0) is 4.79 Å². The Bertz CT molecular complexity index is 731. The van der Waals surface area contributed by atoms with E-state index in [1.807, 2.05) is 18.2 Å². The van der Waals surface area contributed by atoms with Crippen molar-refractivity contribution in [2.75, 3.05) is 0 Å². The standard InChI is InChI=1S/C15H12N2O3/c1-9(15(19)20)17-14(18)11-6-10-4-2-3-5-13(10)12(7-11)8-16/h2-7,9H,1H3,(H,17,18)(H,19,20). The van der Waals surface area contributed by atoms with Gasteiger partial charge >= 0.3 is 5.97 Å². The molecular weight excluding hydrogens is 256 g/mol. The first-order valence-corrected chi connectivity index (χ1v) is 5.99. The van der Waals surface area contributed by atoms with Gasteiger partial charge in [0.15, 0.2) is 0 Å². The van der Waals surface area contributed by atoms with E-state index in [0.717, 1.165) is 10.8 Å². The van der Waals surface area contributed by atoms with Gasteiger partial charge in [0.2, 0.25) is 0 Å². The van der Waals surface area contributed by atoms with Crippen LogP contribution in [0.2, 0.25) is 0 Å². The number of carbonyl (C=O) groups is 2. The first kappa shape index (κ1) is 13.6. The number of nitrogens with one attached hydrogen (secondary N) is 1. The minimum atomic E-state index is -1.11. The summed E-state index contributed by atoms with van der Waals surface area (Å²) in [6, 6.07) is 11.4. The maximum absolute atomic E-state index is 12.0. The second kappa shape index (κ2) is 5.41. The number of hydrogen-bond acceptors (Lipinski definition) is 3. The third-order valence-corrected chi connectivity index (χ3v) is 2.96. The monoisotopic (exact) mass is 268 g/mol. The molecule has 0 radical (unpaired) electrons. The average Bonchev–Trinajstić information content (AvgIpc) is 2.45. The van der Waals surface area contributed by atoms with Crippen LogP contribution in [0.15, 0.2) is 36.4 Å². The zero-order valence-corrected chi connectivity index (χ0v) is 10.8. The molecule has 0 bridgehead atoms. The zero-order chi connectivity index (χ0) is 14.7. The normalized spacial score (nSPS) is 11.6. The van der Waals surface area contributed by atoms with Crippen molar-refractivity contribution in [3.05, 3.63) is 47.5 Å². The SMILES string of the molecule is CC(NC(=O)c1cc(C#N)c2ccccc2c1)C(=O)O. The van der Waals surface area contributed by atoms with E-state index in [1.54, 1.807) is 18.2 Å². The van der Waals surface area contributed by atoms with Crippen molar-refractivity contribution in [3.63, 3.8) is 0 Å². The number of carboxylic acids is 1. The second-order valence-corrected chi connectivity index (χ2v) is 4.39. The molecular formula is C15H12N2O3. The van der Waals surface area contributed by atoms with Crippen molar-refractivity contribution in [2.24, 2.45) is 0 Å². The summed E-state index contributed by atoms with van der Waals surface area (Å²) in [5.41, 5.74) is 0.657. The molecule has 0 aromatic heterocycles. The molecule has 0 aliphatic rings. The number of carboxylic acid groups (broad SMARTS) is 1. The van der Waals surface area contributed by atoms with Gasteiger partial charge in [0, 0.05) is 5.56 Å². The Morgan fingerprint density at radius 2 is 2.00 bits per heavy atom. The summed E-state index contributed by atoms with van der Waals surface area (Å²) >= 11 is 0. The Morgan fingerprint density at radius 1 is 1.30 bits per heavy atom. The molecule has 2 aromatic carbocycles. The zero-order valence-electron chi connectivity index (χ0n) is 10.8. The predicted octanol–water partition coefficient (Wildman–Crippen LogP) is 1.91. The molecule has 0 fully saturated rings. The Kier molecular flexibility index (Phi) is 3.67. The van der Waals surface area contributed by atoms with Crippen LogP contribution in [0.5, 0.6) is 0 Å². The summed E-state index contributed by atoms with van der Waals surface area (Å²) in [6.07, 6.45) is 0. The van der Waals surface area contributed by atoms with Crippen molar-refractivity contribution >= 4 is 22.6 Å². The van der Waals surface area contributed by atoms with E-state index in [0.29, 0.717) is 5.56 Å². The van der Waals surface area contributed by atoms with Crippen LogP contribution in [0.3, 0.4) is 0 Å². The van der Waals surface area contributed by atoms with E-state index >= 15 is 0 Å². The quantitative estimate of drug-likeness (QED) is 0.889. The molecule has 0 saturated carbocycles. The molecule has 5 heteroatoms. The molecule has 0 saturated heterocycles. The maximum atomic E-state index is 12.0. The topological polar surface area (TPSA) is 90.2 Å². The fourth-order valence-electron chi connectivity index (χ4n) is 1.88. The molecule has 1 atom stereocenters. The number of rotatable bonds is 3. The fourth-order valence-corrected chi connectivity index (χ4v) is 1.88. The van der Waals surface area contributed by atoms with Crippen LogP contribution in [-0.4, -0.2) is 23.0 Å². The van der Waals surface area contributed by atoms with E-state index in [-0.39, 0.29) is 5.56 Å². The molecule has 0 aliphatic heterocycles. The Hall–Kier alpha value is -2.87. The van der Waals surface area contributed by atoms with Gasteiger partial charge in [0.05, 0.1) is 11.6 Å². The molecule has 2 N–H and O–H groups in total. The van der Waals surface area contributed by atoms with E-state index in [2.05, 4.69) is 5.32 Å². The number of nitriles is 1. The summed E-state index contributed by atoms with van der Waals surface area (Å²) in [5, 5.41) is 21.8. The van der Waals surface area contributed by atoms with Crippen LogP contribution in [0.4, 0.5) is 0 Å². The Balaban J connectivity index is 2.43. The van der Waals surface area contributed by atoms with Crippen LogP contribution >= 0.6 is 0 Å². The number of benzene rings is 2. The summed E-state index contributed by atoms with van der Waals surface area (Å²) in [5.74, 6) is -1.62.